The van der Waals surface area contributed by atoms with Gasteiger partial charge in [0.05, 0.1) is 24.9 Å². The summed E-state index contributed by atoms with van der Waals surface area (Å²) in [6.45, 7) is 7.92. The topological polar surface area (TPSA) is 84.7 Å². The molecule has 1 amide bonds. The van der Waals surface area contributed by atoms with Gasteiger partial charge >= 0.3 is 5.97 Å². The summed E-state index contributed by atoms with van der Waals surface area (Å²) >= 11 is 0. The van der Waals surface area contributed by atoms with E-state index in [-0.39, 0.29) is 11.5 Å². The van der Waals surface area contributed by atoms with Crippen molar-refractivity contribution in [2.24, 2.45) is 0 Å². The third-order valence-corrected chi connectivity index (χ3v) is 7.57. The second kappa shape index (κ2) is 11.8. The minimum Gasteiger partial charge on any atom is -0.493 e. The lowest BCUT2D eigenvalue weighted by Crippen LogP contribution is -2.35. The van der Waals surface area contributed by atoms with E-state index in [1.807, 2.05) is 40.2 Å². The molecule has 7 nitrogen and oxygen atoms in total. The van der Waals surface area contributed by atoms with Crippen LogP contribution in [-0.4, -0.2) is 39.9 Å². The number of rotatable bonds is 9. The first kappa shape index (κ1) is 27.2. The van der Waals surface area contributed by atoms with Crippen LogP contribution in [0.2, 0.25) is 0 Å². The molecule has 1 N–H and O–H groups in total. The first-order valence-electron chi connectivity index (χ1n) is 13.8. The summed E-state index contributed by atoms with van der Waals surface area (Å²) < 4.78 is 7.85. The summed E-state index contributed by atoms with van der Waals surface area (Å²) in [5.74, 6) is 0.0721. The molecule has 0 bridgehead atoms. The van der Waals surface area contributed by atoms with Crippen LogP contribution in [-0.2, 0) is 17.8 Å². The van der Waals surface area contributed by atoms with Gasteiger partial charge in [-0.3, -0.25) is 9.48 Å². The van der Waals surface area contributed by atoms with Crippen molar-refractivity contribution in [2.45, 2.75) is 53.0 Å². The van der Waals surface area contributed by atoms with Crippen LogP contribution >= 0.6 is 0 Å². The Bertz CT molecular complexity index is 1560. The lowest BCUT2D eigenvalue weighted by molar-refractivity contribution is -0.118. The van der Waals surface area contributed by atoms with Gasteiger partial charge in [-0.1, -0.05) is 30.3 Å². The van der Waals surface area contributed by atoms with Crippen LogP contribution in [0.1, 0.15) is 57.4 Å². The molecule has 40 heavy (non-hydrogen) atoms. The van der Waals surface area contributed by atoms with Crippen LogP contribution in [0.15, 0.2) is 67.0 Å². The van der Waals surface area contributed by atoms with E-state index < -0.39 is 5.97 Å². The third kappa shape index (κ3) is 5.93. The Balaban J connectivity index is 1.26. The number of nitrogens with zero attached hydrogens (tertiary/aromatic N) is 3. The van der Waals surface area contributed by atoms with E-state index in [2.05, 4.69) is 44.1 Å². The molecule has 0 spiro atoms. The predicted molar refractivity (Wildman–Crippen MR) is 156 cm³/mol. The van der Waals surface area contributed by atoms with Gasteiger partial charge < -0.3 is 14.7 Å². The van der Waals surface area contributed by atoms with Crippen LogP contribution in [0, 0.1) is 20.8 Å². The highest BCUT2D eigenvalue weighted by atomic mass is 16.5. The molecule has 0 unspecified atom stereocenters. The monoisotopic (exact) mass is 537 g/mol. The molecule has 0 radical (unpaired) electrons. The number of aryl methyl sites for hydroxylation is 2. The van der Waals surface area contributed by atoms with Gasteiger partial charge in [-0.15, -0.1) is 0 Å². The standard InChI is InChI=1S/C33H35N3O4/c1-22-16-23(2)24(3)31(17-22)40-15-7-13-32(37)36-14-6-11-29-28(10-5-12-30(29)36)27-19-34-35(21-27)20-25-8-4-9-26(18-25)33(38)39/h4-5,8-10,12,16-19,21H,6-7,11,13-15,20H2,1-3H3,(H,38,39). The van der Waals surface area contributed by atoms with Gasteiger partial charge in [0, 0.05) is 30.4 Å². The number of fused-ring (bicyclic) bond motifs is 1. The minimum absolute atomic E-state index is 0.118. The smallest absolute Gasteiger partial charge is 0.335 e. The van der Waals surface area contributed by atoms with Crippen molar-refractivity contribution in [2.75, 3.05) is 18.1 Å². The van der Waals surface area contributed by atoms with Crippen molar-refractivity contribution < 1.29 is 19.4 Å². The van der Waals surface area contributed by atoms with Crippen molar-refractivity contribution in [3.05, 3.63) is 100 Å². The van der Waals surface area contributed by atoms with E-state index >= 15 is 0 Å². The minimum atomic E-state index is -0.943. The average molecular weight is 538 g/mol. The molecule has 0 fully saturated rings. The maximum absolute atomic E-state index is 13.3. The van der Waals surface area contributed by atoms with Crippen LogP contribution in [0.3, 0.4) is 0 Å². The number of carbonyl (C=O) groups is 2. The van der Waals surface area contributed by atoms with E-state index in [0.717, 1.165) is 52.1 Å². The van der Waals surface area contributed by atoms with Crippen molar-refractivity contribution >= 4 is 17.6 Å². The number of carbonyl (C=O) groups excluding carboxylic acids is 1. The predicted octanol–water partition coefficient (Wildman–Crippen LogP) is 6.36. The Morgan fingerprint density at radius 1 is 1.05 bits per heavy atom. The van der Waals surface area contributed by atoms with Crippen molar-refractivity contribution in [1.82, 2.24) is 9.78 Å². The second-order valence-electron chi connectivity index (χ2n) is 10.5. The number of aromatic nitrogens is 2. The molecule has 1 aliphatic rings. The van der Waals surface area contributed by atoms with Crippen LogP contribution in [0.25, 0.3) is 11.1 Å². The highest BCUT2D eigenvalue weighted by Gasteiger charge is 2.24. The molecule has 7 heteroatoms. The molecule has 2 heterocycles. The van der Waals surface area contributed by atoms with E-state index in [9.17, 15) is 14.7 Å². The van der Waals surface area contributed by atoms with Gasteiger partial charge in [0.25, 0.3) is 0 Å². The van der Waals surface area contributed by atoms with Crippen LogP contribution in [0.4, 0.5) is 5.69 Å². The van der Waals surface area contributed by atoms with Gasteiger partial charge in [0.1, 0.15) is 5.75 Å². The Hall–Kier alpha value is -4.39. The zero-order chi connectivity index (χ0) is 28.2. The molecule has 1 aromatic heterocycles. The fourth-order valence-electron chi connectivity index (χ4n) is 5.42. The number of carboxylic acids is 1. The molecule has 0 saturated carbocycles. The number of hydrogen-bond donors (Lipinski definition) is 1. The summed E-state index contributed by atoms with van der Waals surface area (Å²) in [6, 6.07) is 17.2. The highest BCUT2D eigenvalue weighted by Crippen LogP contribution is 2.36. The molecule has 3 aromatic carbocycles. The largest absolute Gasteiger partial charge is 0.493 e. The van der Waals surface area contributed by atoms with Crippen LogP contribution in [0.5, 0.6) is 5.75 Å². The first-order valence-corrected chi connectivity index (χ1v) is 13.8. The van der Waals surface area contributed by atoms with Gasteiger partial charge in [-0.2, -0.15) is 5.10 Å². The third-order valence-electron chi connectivity index (χ3n) is 7.57. The number of benzene rings is 3. The molecular formula is C33H35N3O4. The second-order valence-corrected chi connectivity index (χ2v) is 10.5. The van der Waals surface area contributed by atoms with Gasteiger partial charge in [-0.25, -0.2) is 4.79 Å². The number of aromatic carboxylic acids is 1. The normalized spacial score (nSPS) is 12.7. The summed E-state index contributed by atoms with van der Waals surface area (Å²) in [5, 5.41) is 13.8. The van der Waals surface area contributed by atoms with E-state index in [0.29, 0.717) is 32.5 Å². The Kier molecular flexibility index (Phi) is 8.01. The van der Waals surface area contributed by atoms with Gasteiger partial charge in [-0.05, 0) is 97.7 Å². The Labute approximate surface area is 235 Å². The van der Waals surface area contributed by atoms with Gasteiger partial charge in [0.2, 0.25) is 5.91 Å². The van der Waals surface area contributed by atoms with Crippen LogP contribution < -0.4 is 9.64 Å². The average Bonchev–Trinajstić information content (AvgIpc) is 3.41. The Morgan fingerprint density at radius 2 is 1.88 bits per heavy atom. The fourth-order valence-corrected chi connectivity index (χ4v) is 5.42. The fraction of sp³-hybridized carbons (Fsp3) is 0.303. The molecule has 0 saturated heterocycles. The summed E-state index contributed by atoms with van der Waals surface area (Å²) in [4.78, 5) is 26.5. The SMILES string of the molecule is Cc1cc(C)c(C)c(OCCCC(=O)N2CCCc3c(-c4cnn(Cc5cccc(C(=O)O)c5)c4)cccc32)c1. The highest BCUT2D eigenvalue weighted by molar-refractivity contribution is 5.96. The number of ether oxygens (including phenoxy) is 1. The quantitative estimate of drug-likeness (QED) is 0.251. The van der Waals surface area contributed by atoms with E-state index in [4.69, 9.17) is 4.74 Å². The van der Waals surface area contributed by atoms with Gasteiger partial charge in [0.15, 0.2) is 0 Å². The molecule has 206 valence electrons. The summed E-state index contributed by atoms with van der Waals surface area (Å²) in [7, 11) is 0. The summed E-state index contributed by atoms with van der Waals surface area (Å²) in [5.41, 5.74) is 8.87. The molecule has 5 rings (SSSR count). The zero-order valence-electron chi connectivity index (χ0n) is 23.3. The number of hydrogen-bond acceptors (Lipinski definition) is 4. The maximum Gasteiger partial charge on any atom is 0.335 e. The molecule has 0 aliphatic carbocycles. The number of carboxylic acid groups (broad SMARTS) is 1. The maximum atomic E-state index is 13.3. The summed E-state index contributed by atoms with van der Waals surface area (Å²) in [6.07, 6.45) is 6.72. The Morgan fingerprint density at radius 3 is 2.70 bits per heavy atom. The molecule has 1 aliphatic heterocycles. The number of amides is 1. The van der Waals surface area contributed by atoms with Crippen molar-refractivity contribution in [3.8, 4) is 16.9 Å². The lowest BCUT2D eigenvalue weighted by atomic mass is 9.93. The molecular weight excluding hydrogens is 502 g/mol. The van der Waals surface area contributed by atoms with Crippen molar-refractivity contribution in [1.29, 1.82) is 0 Å². The molecule has 4 aromatic rings. The van der Waals surface area contributed by atoms with Crippen molar-refractivity contribution in [3.63, 3.8) is 0 Å². The van der Waals surface area contributed by atoms with E-state index in [1.165, 1.54) is 11.1 Å². The zero-order valence-corrected chi connectivity index (χ0v) is 23.3. The first-order chi connectivity index (χ1) is 19.3. The van der Waals surface area contributed by atoms with E-state index in [1.54, 1.807) is 18.2 Å². The molecule has 0 atom stereocenters. The lowest BCUT2D eigenvalue weighted by Gasteiger charge is -2.31. The number of anilines is 1.